The zero-order valence-electron chi connectivity index (χ0n) is 14.3. The Morgan fingerprint density at radius 3 is 2.85 bits per heavy atom. The number of likely N-dealkylation sites (tertiary alicyclic amines) is 1. The van der Waals surface area contributed by atoms with E-state index in [1.165, 1.54) is 22.9 Å². The lowest BCUT2D eigenvalue weighted by Gasteiger charge is -2.12. The number of carbonyl (C=O) groups excluding carboxylic acids is 2. The lowest BCUT2D eigenvalue weighted by Crippen LogP contribution is -2.28. The second-order valence-corrected chi connectivity index (χ2v) is 6.05. The predicted octanol–water partition coefficient (Wildman–Crippen LogP) is 1.48. The molecule has 3 rings (SSSR count). The highest BCUT2D eigenvalue weighted by molar-refractivity contribution is 5.92. The van der Waals surface area contributed by atoms with E-state index in [0.29, 0.717) is 24.3 Å². The molecule has 1 N–H and O–H groups in total. The molecule has 1 aliphatic heterocycles. The van der Waals surface area contributed by atoms with Gasteiger partial charge in [-0.1, -0.05) is 17.3 Å². The van der Waals surface area contributed by atoms with Gasteiger partial charge in [-0.2, -0.15) is 0 Å². The van der Waals surface area contributed by atoms with Crippen molar-refractivity contribution in [3.63, 3.8) is 0 Å². The Hall–Kier alpha value is -3.03. The molecule has 1 aliphatic rings. The van der Waals surface area contributed by atoms with Gasteiger partial charge in [0.15, 0.2) is 5.69 Å². The molecule has 1 aromatic carbocycles. The van der Waals surface area contributed by atoms with E-state index in [2.05, 4.69) is 15.6 Å². The minimum atomic E-state index is -0.349. The molecule has 0 unspecified atom stereocenters. The van der Waals surface area contributed by atoms with Crippen LogP contribution in [0.1, 0.15) is 28.9 Å². The molecule has 136 valence electrons. The summed E-state index contributed by atoms with van der Waals surface area (Å²) in [6, 6.07) is 5.98. The molecule has 1 saturated heterocycles. The van der Waals surface area contributed by atoms with Gasteiger partial charge < -0.3 is 10.2 Å². The van der Waals surface area contributed by atoms with E-state index in [9.17, 15) is 14.0 Å². The van der Waals surface area contributed by atoms with Crippen molar-refractivity contribution < 1.29 is 14.0 Å². The fourth-order valence-electron chi connectivity index (χ4n) is 2.72. The molecular formula is C18H20FN5O2. The van der Waals surface area contributed by atoms with Crippen molar-refractivity contribution in [1.82, 2.24) is 25.2 Å². The van der Waals surface area contributed by atoms with Gasteiger partial charge in [-0.05, 0) is 36.6 Å². The number of nitrogens with one attached hydrogen (secondary N) is 1. The molecule has 2 amide bonds. The number of benzene rings is 1. The number of hydrogen-bond donors (Lipinski definition) is 1. The summed E-state index contributed by atoms with van der Waals surface area (Å²) in [5.74, 6) is -0.739. The largest absolute Gasteiger partial charge is 0.351 e. The highest BCUT2D eigenvalue weighted by atomic mass is 19.1. The van der Waals surface area contributed by atoms with Crippen molar-refractivity contribution in [1.29, 1.82) is 0 Å². The zero-order valence-corrected chi connectivity index (χ0v) is 14.3. The van der Waals surface area contributed by atoms with Crippen molar-refractivity contribution in [3.8, 4) is 0 Å². The lowest BCUT2D eigenvalue weighted by molar-refractivity contribution is -0.116. The van der Waals surface area contributed by atoms with Gasteiger partial charge in [0.25, 0.3) is 5.91 Å². The molecular weight excluding hydrogens is 337 g/mol. The summed E-state index contributed by atoms with van der Waals surface area (Å²) in [6.07, 6.45) is 6.53. The van der Waals surface area contributed by atoms with Gasteiger partial charge in [-0.15, -0.1) is 5.10 Å². The second kappa shape index (κ2) is 8.37. The van der Waals surface area contributed by atoms with Crippen molar-refractivity contribution in [2.75, 3.05) is 19.6 Å². The van der Waals surface area contributed by atoms with Crippen LogP contribution in [0.15, 0.2) is 36.5 Å². The number of amides is 2. The van der Waals surface area contributed by atoms with Crippen LogP contribution in [0.2, 0.25) is 0 Å². The number of nitrogens with zero attached hydrogens (tertiary/aromatic N) is 4. The van der Waals surface area contributed by atoms with Gasteiger partial charge in [-0.25, -0.2) is 9.07 Å². The predicted molar refractivity (Wildman–Crippen MR) is 93.6 cm³/mol. The number of aromatic nitrogens is 3. The van der Waals surface area contributed by atoms with Gasteiger partial charge in [0.05, 0.1) is 12.7 Å². The summed E-state index contributed by atoms with van der Waals surface area (Å²) >= 11 is 0. The number of carbonyl (C=O) groups is 2. The SMILES string of the molecule is O=C(/C=C\c1cccc(F)c1)NCCn1cc(C(=O)N2CCCC2)nn1. The molecule has 8 heteroatoms. The van der Waals surface area contributed by atoms with E-state index in [1.807, 2.05) is 0 Å². The molecule has 26 heavy (non-hydrogen) atoms. The average Bonchev–Trinajstić information content (AvgIpc) is 3.31. The molecule has 2 aromatic rings. The second-order valence-electron chi connectivity index (χ2n) is 6.05. The fraction of sp³-hybridized carbons (Fsp3) is 0.333. The summed E-state index contributed by atoms with van der Waals surface area (Å²) in [6.45, 7) is 2.27. The third kappa shape index (κ3) is 4.75. The van der Waals surface area contributed by atoms with E-state index in [4.69, 9.17) is 0 Å². The van der Waals surface area contributed by atoms with Gasteiger partial charge in [0, 0.05) is 25.7 Å². The Labute approximate surface area is 150 Å². The summed E-state index contributed by atoms with van der Waals surface area (Å²) in [5.41, 5.74) is 0.936. The maximum atomic E-state index is 13.1. The first-order chi connectivity index (χ1) is 12.6. The lowest BCUT2D eigenvalue weighted by atomic mass is 10.2. The van der Waals surface area contributed by atoms with Gasteiger partial charge in [-0.3, -0.25) is 9.59 Å². The highest BCUT2D eigenvalue weighted by Gasteiger charge is 2.21. The van der Waals surface area contributed by atoms with Gasteiger partial charge in [0.2, 0.25) is 5.91 Å². The van der Waals surface area contributed by atoms with Gasteiger partial charge >= 0.3 is 0 Å². The number of hydrogen-bond acceptors (Lipinski definition) is 4. The van der Waals surface area contributed by atoms with Crippen LogP contribution in [0, 0.1) is 5.82 Å². The third-order valence-electron chi connectivity index (χ3n) is 4.07. The van der Waals surface area contributed by atoms with Crippen LogP contribution in [0.25, 0.3) is 6.08 Å². The number of rotatable bonds is 6. The normalized spacial score (nSPS) is 14.1. The average molecular weight is 357 g/mol. The van der Waals surface area contributed by atoms with Crippen molar-refractivity contribution in [3.05, 3.63) is 53.6 Å². The molecule has 0 atom stereocenters. The molecule has 0 saturated carbocycles. The standard InChI is InChI=1S/C18H20FN5O2/c19-15-5-3-4-14(12-15)6-7-17(25)20-8-11-24-13-16(21-22-24)18(26)23-9-1-2-10-23/h3-7,12-13H,1-2,8-11H2,(H,20,25)/b7-6-. The van der Waals surface area contributed by atoms with Crippen molar-refractivity contribution in [2.45, 2.75) is 19.4 Å². The first-order valence-electron chi connectivity index (χ1n) is 8.53. The van der Waals surface area contributed by atoms with Crippen LogP contribution in [0.4, 0.5) is 4.39 Å². The molecule has 0 bridgehead atoms. The first kappa shape index (κ1) is 17.8. The third-order valence-corrected chi connectivity index (χ3v) is 4.07. The summed E-state index contributed by atoms with van der Waals surface area (Å²) in [7, 11) is 0. The molecule has 1 fully saturated rings. The van der Waals surface area contributed by atoms with Crippen molar-refractivity contribution >= 4 is 17.9 Å². The van der Waals surface area contributed by atoms with Crippen LogP contribution in [-0.4, -0.2) is 51.3 Å². The smallest absolute Gasteiger partial charge is 0.276 e. The number of halogens is 1. The summed E-state index contributed by atoms with van der Waals surface area (Å²) in [4.78, 5) is 25.7. The molecule has 0 aliphatic carbocycles. The summed E-state index contributed by atoms with van der Waals surface area (Å²) < 4.78 is 14.6. The van der Waals surface area contributed by atoms with Crippen LogP contribution < -0.4 is 5.32 Å². The van der Waals surface area contributed by atoms with E-state index in [-0.39, 0.29) is 17.6 Å². The van der Waals surface area contributed by atoms with Crippen LogP contribution in [0.5, 0.6) is 0 Å². The maximum Gasteiger partial charge on any atom is 0.276 e. The van der Waals surface area contributed by atoms with Crippen LogP contribution in [-0.2, 0) is 11.3 Å². The fourth-order valence-corrected chi connectivity index (χ4v) is 2.72. The minimum Gasteiger partial charge on any atom is -0.351 e. The molecule has 2 heterocycles. The van der Waals surface area contributed by atoms with Gasteiger partial charge in [0.1, 0.15) is 5.82 Å². The van der Waals surface area contributed by atoms with Crippen LogP contribution in [0.3, 0.4) is 0 Å². The summed E-state index contributed by atoms with van der Waals surface area (Å²) in [5, 5.41) is 10.5. The van der Waals surface area contributed by atoms with E-state index >= 15 is 0 Å². The first-order valence-corrected chi connectivity index (χ1v) is 8.53. The minimum absolute atomic E-state index is 0.101. The Bertz CT molecular complexity index is 811. The molecule has 0 radical (unpaired) electrons. The molecule has 0 spiro atoms. The van der Waals surface area contributed by atoms with Crippen LogP contribution >= 0.6 is 0 Å². The maximum absolute atomic E-state index is 13.1. The molecule has 1 aromatic heterocycles. The Morgan fingerprint density at radius 1 is 1.27 bits per heavy atom. The zero-order chi connectivity index (χ0) is 18.4. The van der Waals surface area contributed by atoms with Crippen molar-refractivity contribution in [2.24, 2.45) is 0 Å². The Balaban J connectivity index is 1.44. The molecule has 7 nitrogen and oxygen atoms in total. The van der Waals surface area contributed by atoms with E-state index < -0.39 is 0 Å². The quantitative estimate of drug-likeness (QED) is 0.794. The Morgan fingerprint density at radius 2 is 2.08 bits per heavy atom. The van der Waals surface area contributed by atoms with E-state index in [1.54, 1.807) is 29.3 Å². The van der Waals surface area contributed by atoms with E-state index in [0.717, 1.165) is 25.9 Å². The topological polar surface area (TPSA) is 80.1 Å². The highest BCUT2D eigenvalue weighted by Crippen LogP contribution is 2.11. The monoisotopic (exact) mass is 357 g/mol. The Kier molecular flexibility index (Phi) is 5.73.